The summed E-state index contributed by atoms with van der Waals surface area (Å²) in [5, 5.41) is 2.61. The molecule has 1 N–H and O–H groups in total. The van der Waals surface area contributed by atoms with E-state index in [1.54, 1.807) is 6.07 Å². The minimum Gasteiger partial charge on any atom is -0.494 e. The average molecular weight is 337 g/mol. The van der Waals surface area contributed by atoms with Gasteiger partial charge in [0.25, 0.3) is 0 Å². The van der Waals surface area contributed by atoms with Crippen molar-refractivity contribution >= 4 is 5.91 Å². The van der Waals surface area contributed by atoms with E-state index in [1.807, 2.05) is 30.3 Å². The molecule has 0 aliphatic rings. The number of benzene rings is 2. The van der Waals surface area contributed by atoms with Crippen LogP contribution in [0.1, 0.15) is 24.0 Å². The second kappa shape index (κ2) is 8.38. The zero-order valence-corrected chi connectivity index (χ0v) is 13.0. The molecule has 0 aliphatic heterocycles. The molecule has 0 aromatic heterocycles. The van der Waals surface area contributed by atoms with Crippen molar-refractivity contribution in [3.63, 3.8) is 0 Å². The first-order valence-corrected chi connectivity index (χ1v) is 7.56. The number of ether oxygens (including phenoxy) is 1. The van der Waals surface area contributed by atoms with Crippen molar-refractivity contribution in [2.75, 3.05) is 6.61 Å². The lowest BCUT2D eigenvalue weighted by atomic mass is 10.1. The molecule has 3 nitrogen and oxygen atoms in total. The Hall–Kier alpha value is -2.50. The van der Waals surface area contributed by atoms with Gasteiger partial charge in [0.05, 0.1) is 12.2 Å². The van der Waals surface area contributed by atoms with E-state index in [9.17, 15) is 18.0 Å². The summed E-state index contributed by atoms with van der Waals surface area (Å²) in [7, 11) is 0. The number of hydrogen-bond acceptors (Lipinski definition) is 2. The van der Waals surface area contributed by atoms with Gasteiger partial charge in [-0.2, -0.15) is 13.2 Å². The first-order chi connectivity index (χ1) is 11.4. The zero-order chi connectivity index (χ0) is 17.4. The number of para-hydroxylation sites is 1. The molecule has 0 saturated carbocycles. The summed E-state index contributed by atoms with van der Waals surface area (Å²) in [6.45, 7) is 0.475. The van der Waals surface area contributed by atoms with Gasteiger partial charge in [0.2, 0.25) is 5.91 Å². The fourth-order valence-corrected chi connectivity index (χ4v) is 2.09. The Balaban J connectivity index is 1.70. The molecule has 0 fully saturated rings. The van der Waals surface area contributed by atoms with E-state index in [0.717, 1.165) is 17.9 Å². The van der Waals surface area contributed by atoms with Crippen LogP contribution in [0.5, 0.6) is 5.75 Å². The number of nitrogens with one attached hydrogen (secondary N) is 1. The number of alkyl halides is 3. The molecule has 0 aliphatic carbocycles. The Bertz CT molecular complexity index is 657. The van der Waals surface area contributed by atoms with Crippen LogP contribution < -0.4 is 10.1 Å². The van der Waals surface area contributed by atoms with Crippen LogP contribution in [-0.4, -0.2) is 12.5 Å². The highest BCUT2D eigenvalue weighted by atomic mass is 19.4. The van der Waals surface area contributed by atoms with Gasteiger partial charge in [-0.3, -0.25) is 4.79 Å². The molecule has 0 bridgehead atoms. The summed E-state index contributed by atoms with van der Waals surface area (Å²) in [4.78, 5) is 11.7. The molecule has 2 aromatic rings. The van der Waals surface area contributed by atoms with Gasteiger partial charge in [-0.25, -0.2) is 0 Å². The highest BCUT2D eigenvalue weighted by molar-refractivity contribution is 5.75. The molecule has 0 saturated heterocycles. The van der Waals surface area contributed by atoms with E-state index in [1.165, 1.54) is 6.07 Å². The van der Waals surface area contributed by atoms with Crippen molar-refractivity contribution in [1.82, 2.24) is 5.32 Å². The minimum atomic E-state index is -4.38. The molecule has 0 atom stereocenters. The first kappa shape index (κ1) is 17.8. The van der Waals surface area contributed by atoms with Crippen LogP contribution in [0.4, 0.5) is 13.2 Å². The summed E-state index contributed by atoms with van der Waals surface area (Å²) in [6, 6.07) is 14.2. The van der Waals surface area contributed by atoms with E-state index in [4.69, 9.17) is 4.74 Å². The van der Waals surface area contributed by atoms with E-state index >= 15 is 0 Å². The van der Waals surface area contributed by atoms with Gasteiger partial charge < -0.3 is 10.1 Å². The molecule has 128 valence electrons. The van der Waals surface area contributed by atoms with Crippen LogP contribution >= 0.6 is 0 Å². The predicted molar refractivity (Wildman–Crippen MR) is 84.5 cm³/mol. The second-order valence-corrected chi connectivity index (χ2v) is 5.24. The normalized spacial score (nSPS) is 11.1. The molecular formula is C18H18F3NO2. The van der Waals surface area contributed by atoms with Crippen LogP contribution in [0.25, 0.3) is 0 Å². The fraction of sp³-hybridized carbons (Fsp3) is 0.278. The van der Waals surface area contributed by atoms with Gasteiger partial charge >= 0.3 is 6.18 Å². The van der Waals surface area contributed by atoms with Crippen molar-refractivity contribution in [2.45, 2.75) is 25.6 Å². The van der Waals surface area contributed by atoms with Gasteiger partial charge in [-0.15, -0.1) is 0 Å². The summed E-state index contributed by atoms with van der Waals surface area (Å²) in [5.41, 5.74) is -0.302. The molecule has 0 heterocycles. The van der Waals surface area contributed by atoms with Gasteiger partial charge in [-0.05, 0) is 36.2 Å². The molecule has 6 heteroatoms. The molecule has 0 radical (unpaired) electrons. The average Bonchev–Trinajstić information content (AvgIpc) is 2.57. The lowest BCUT2D eigenvalue weighted by Gasteiger charge is -2.10. The summed E-state index contributed by atoms with van der Waals surface area (Å²) in [6.07, 6.45) is -3.59. The number of rotatable bonds is 7. The summed E-state index contributed by atoms with van der Waals surface area (Å²) >= 11 is 0. The van der Waals surface area contributed by atoms with Crippen molar-refractivity contribution in [2.24, 2.45) is 0 Å². The third kappa shape index (κ3) is 5.95. The molecule has 2 rings (SSSR count). The highest BCUT2D eigenvalue weighted by Gasteiger charge is 2.30. The van der Waals surface area contributed by atoms with Crippen LogP contribution in [-0.2, 0) is 17.5 Å². The Morgan fingerprint density at radius 3 is 2.50 bits per heavy atom. The van der Waals surface area contributed by atoms with Crippen molar-refractivity contribution in [1.29, 1.82) is 0 Å². The topological polar surface area (TPSA) is 38.3 Å². The van der Waals surface area contributed by atoms with Gasteiger partial charge in [0, 0.05) is 13.0 Å². The summed E-state index contributed by atoms with van der Waals surface area (Å²) in [5.74, 6) is 0.519. The third-order valence-electron chi connectivity index (χ3n) is 3.30. The van der Waals surface area contributed by atoms with Crippen LogP contribution in [0.15, 0.2) is 54.6 Å². The Morgan fingerprint density at radius 2 is 1.79 bits per heavy atom. The van der Waals surface area contributed by atoms with Gasteiger partial charge in [-0.1, -0.05) is 30.3 Å². The van der Waals surface area contributed by atoms with Crippen molar-refractivity contribution < 1.29 is 22.7 Å². The molecule has 1 amide bonds. The minimum absolute atomic E-state index is 0.0717. The van der Waals surface area contributed by atoms with Crippen LogP contribution in [0, 0.1) is 0 Å². The maximum Gasteiger partial charge on any atom is 0.416 e. The van der Waals surface area contributed by atoms with E-state index in [-0.39, 0.29) is 18.9 Å². The van der Waals surface area contributed by atoms with Crippen LogP contribution in [0.2, 0.25) is 0 Å². The smallest absolute Gasteiger partial charge is 0.416 e. The van der Waals surface area contributed by atoms with Gasteiger partial charge in [0.15, 0.2) is 0 Å². The Kier molecular flexibility index (Phi) is 6.23. The molecule has 24 heavy (non-hydrogen) atoms. The Morgan fingerprint density at radius 1 is 1.04 bits per heavy atom. The molecular weight excluding hydrogens is 319 g/mol. The maximum atomic E-state index is 12.6. The van der Waals surface area contributed by atoms with Crippen LogP contribution in [0.3, 0.4) is 0 Å². The number of hydrogen-bond donors (Lipinski definition) is 1. The standard InChI is InChI=1S/C18H18F3NO2/c19-18(20,21)15-7-4-6-14(12-15)13-22-17(23)10-5-11-24-16-8-2-1-3-9-16/h1-4,6-9,12H,5,10-11,13H2,(H,22,23). The van der Waals surface area contributed by atoms with Crippen molar-refractivity contribution in [3.8, 4) is 5.75 Å². The van der Waals surface area contributed by atoms with E-state index in [2.05, 4.69) is 5.32 Å². The van der Waals surface area contributed by atoms with Crippen molar-refractivity contribution in [3.05, 3.63) is 65.7 Å². The zero-order valence-electron chi connectivity index (χ0n) is 13.0. The quantitative estimate of drug-likeness (QED) is 0.770. The highest BCUT2D eigenvalue weighted by Crippen LogP contribution is 2.29. The lowest BCUT2D eigenvalue weighted by Crippen LogP contribution is -2.23. The van der Waals surface area contributed by atoms with E-state index in [0.29, 0.717) is 18.6 Å². The summed E-state index contributed by atoms with van der Waals surface area (Å²) < 4.78 is 43.3. The molecule has 2 aromatic carbocycles. The number of carbonyl (C=O) groups excluding carboxylic acids is 1. The largest absolute Gasteiger partial charge is 0.494 e. The number of amides is 1. The van der Waals surface area contributed by atoms with Gasteiger partial charge in [0.1, 0.15) is 5.75 Å². The maximum absolute atomic E-state index is 12.6. The number of halogens is 3. The number of carbonyl (C=O) groups is 1. The van der Waals surface area contributed by atoms with E-state index < -0.39 is 11.7 Å². The second-order valence-electron chi connectivity index (χ2n) is 5.24. The SMILES string of the molecule is O=C(CCCOc1ccccc1)NCc1cccc(C(F)(F)F)c1. The molecule has 0 unspecified atom stereocenters. The third-order valence-corrected chi connectivity index (χ3v) is 3.30. The Labute approximate surface area is 138 Å². The monoisotopic (exact) mass is 337 g/mol. The lowest BCUT2D eigenvalue weighted by molar-refractivity contribution is -0.137. The predicted octanol–water partition coefficient (Wildman–Crippen LogP) is 4.18. The molecule has 0 spiro atoms. The fourth-order valence-electron chi connectivity index (χ4n) is 2.09. The first-order valence-electron chi connectivity index (χ1n) is 7.56.